The highest BCUT2D eigenvalue weighted by Crippen LogP contribution is 2.19. The molecule has 0 aromatic rings. The molecule has 0 amide bonds. The molecule has 0 aromatic heterocycles. The quantitative estimate of drug-likeness (QED) is 0.728. The molecule has 0 fully saturated rings. The summed E-state index contributed by atoms with van der Waals surface area (Å²) < 4.78 is 8.02. The number of carbonyl (C=O) groups is 1. The molecule has 0 N–H and O–H groups in total. The molecule has 0 aliphatic heterocycles. The van der Waals surface area contributed by atoms with Crippen molar-refractivity contribution in [2.45, 2.75) is 58.9 Å². The van der Waals surface area contributed by atoms with Crippen molar-refractivity contribution in [1.82, 2.24) is 4.23 Å². The third-order valence-electron chi connectivity index (χ3n) is 2.33. The van der Waals surface area contributed by atoms with Crippen molar-refractivity contribution in [3.63, 3.8) is 0 Å². The van der Waals surface area contributed by atoms with Crippen LogP contribution in [-0.4, -0.2) is 41.5 Å². The molecule has 0 atom stereocenters. The van der Waals surface area contributed by atoms with Crippen LogP contribution in [0.3, 0.4) is 0 Å². The lowest BCUT2D eigenvalue weighted by Gasteiger charge is -2.43. The number of hydrogen-bond donors (Lipinski definition) is 0. The maximum Gasteiger partial charge on any atom is 0.305 e. The van der Waals surface area contributed by atoms with Gasteiger partial charge in [-0.1, -0.05) is 39.3 Å². The van der Waals surface area contributed by atoms with Crippen LogP contribution in [0.4, 0.5) is 0 Å². The Morgan fingerprint density at radius 3 is 1.47 bits per heavy atom. The third kappa shape index (κ3) is 7.17. The molecule has 0 saturated carbocycles. The van der Waals surface area contributed by atoms with Crippen molar-refractivity contribution in [3.8, 4) is 0 Å². The van der Waals surface area contributed by atoms with Crippen LogP contribution in [0.2, 0.25) is 58.9 Å². The maximum absolute atomic E-state index is 12.0. The maximum atomic E-state index is 12.0. The summed E-state index contributed by atoms with van der Waals surface area (Å²) in [5.74, 6) is -0.0333. The Hall–Kier alpha value is 0.0806. The zero-order chi connectivity index (χ0) is 14.1. The molecule has 0 heterocycles. The summed E-state index contributed by atoms with van der Waals surface area (Å²) in [5.41, 5.74) is 0. The van der Waals surface area contributed by atoms with Crippen LogP contribution in [-0.2, 0) is 9.22 Å². The first-order chi connectivity index (χ1) is 7.23. The topological polar surface area (TPSA) is 29.5 Å². The lowest BCUT2D eigenvalue weighted by molar-refractivity contribution is -0.134. The van der Waals surface area contributed by atoms with Gasteiger partial charge in [-0.3, -0.25) is 4.79 Å². The van der Waals surface area contributed by atoms with Crippen molar-refractivity contribution in [3.05, 3.63) is 0 Å². The Bertz CT molecular complexity index is 260. The monoisotopic (exact) mass is 291 g/mol. The molecule has 0 rings (SSSR count). The molecule has 0 spiro atoms. The van der Waals surface area contributed by atoms with E-state index in [4.69, 9.17) is 4.43 Å². The highest BCUT2D eigenvalue weighted by atomic mass is 28.4. The molecule has 0 aliphatic rings. The molecule has 0 radical (unpaired) electrons. The molecule has 0 unspecified atom stereocenters. The molecule has 0 aliphatic carbocycles. The van der Waals surface area contributed by atoms with E-state index in [2.05, 4.69) is 63.2 Å². The van der Waals surface area contributed by atoms with Gasteiger partial charge in [-0.05, 0) is 19.6 Å². The van der Waals surface area contributed by atoms with E-state index < -0.39 is 24.8 Å². The first kappa shape index (κ1) is 17.1. The van der Waals surface area contributed by atoms with E-state index in [0.717, 1.165) is 0 Å². The van der Waals surface area contributed by atoms with E-state index in [1.165, 1.54) is 0 Å². The molecule has 102 valence electrons. The van der Waals surface area contributed by atoms with Crippen LogP contribution in [0.25, 0.3) is 0 Å². The van der Waals surface area contributed by atoms with Gasteiger partial charge in [0.15, 0.2) is 0 Å². The Kier molecular flexibility index (Phi) is 5.40. The van der Waals surface area contributed by atoms with Gasteiger partial charge in [-0.25, -0.2) is 0 Å². The SMILES string of the molecule is C[Si](C)(C)OC(=O)CN([Si](C)(C)C)[Si](C)(C)C. The van der Waals surface area contributed by atoms with Crippen LogP contribution in [0.1, 0.15) is 0 Å². The fourth-order valence-corrected chi connectivity index (χ4v) is 12.0. The van der Waals surface area contributed by atoms with Gasteiger partial charge in [0, 0.05) is 0 Å². The fraction of sp³-hybridized carbons (Fsp3) is 0.909. The normalized spacial score (nSPS) is 14.0. The minimum atomic E-state index is -1.75. The zero-order valence-corrected chi connectivity index (χ0v) is 16.0. The minimum Gasteiger partial charge on any atom is -0.519 e. The van der Waals surface area contributed by atoms with E-state index in [9.17, 15) is 4.79 Å². The van der Waals surface area contributed by atoms with Crippen molar-refractivity contribution in [2.75, 3.05) is 6.54 Å². The molecule has 6 heteroatoms. The lowest BCUT2D eigenvalue weighted by Crippen LogP contribution is -2.61. The predicted octanol–water partition coefficient (Wildman–Crippen LogP) is 3.34. The van der Waals surface area contributed by atoms with Crippen molar-refractivity contribution >= 4 is 30.8 Å². The molecule has 0 bridgehead atoms. The lowest BCUT2D eigenvalue weighted by atomic mass is 10.7. The van der Waals surface area contributed by atoms with Gasteiger partial charge >= 0.3 is 5.97 Å². The third-order valence-corrected chi connectivity index (χ3v) is 10.7. The van der Waals surface area contributed by atoms with Gasteiger partial charge in [0.25, 0.3) is 0 Å². The second-order valence-corrected chi connectivity index (χ2v) is 22.2. The second-order valence-electron chi connectivity index (χ2n) is 7.51. The van der Waals surface area contributed by atoms with Gasteiger partial charge < -0.3 is 8.66 Å². The van der Waals surface area contributed by atoms with E-state index in [1.807, 2.05) is 0 Å². The van der Waals surface area contributed by atoms with Gasteiger partial charge in [-0.2, -0.15) is 0 Å². The van der Waals surface area contributed by atoms with Crippen LogP contribution < -0.4 is 0 Å². The summed E-state index contributed by atoms with van der Waals surface area (Å²) in [6, 6.07) is 0. The van der Waals surface area contributed by atoms with Crippen molar-refractivity contribution in [2.24, 2.45) is 0 Å². The summed E-state index contributed by atoms with van der Waals surface area (Å²) in [6.07, 6.45) is 0. The summed E-state index contributed by atoms with van der Waals surface area (Å²) in [5, 5.41) is 0. The fourth-order valence-electron chi connectivity index (χ4n) is 1.98. The predicted molar refractivity (Wildman–Crippen MR) is 82.8 cm³/mol. The average Bonchev–Trinajstić information content (AvgIpc) is 1.91. The van der Waals surface area contributed by atoms with Crippen molar-refractivity contribution in [1.29, 1.82) is 0 Å². The smallest absolute Gasteiger partial charge is 0.305 e. The van der Waals surface area contributed by atoms with Crippen LogP contribution >= 0.6 is 0 Å². The van der Waals surface area contributed by atoms with E-state index in [-0.39, 0.29) is 5.97 Å². The summed E-state index contributed by atoms with van der Waals surface area (Å²) in [4.78, 5) is 12.0. The molecular formula is C11H29NO2Si3. The minimum absolute atomic E-state index is 0.0333. The Labute approximate surface area is 110 Å². The largest absolute Gasteiger partial charge is 0.519 e. The van der Waals surface area contributed by atoms with Gasteiger partial charge in [0.2, 0.25) is 8.32 Å². The summed E-state index contributed by atoms with van der Waals surface area (Å²) >= 11 is 0. The zero-order valence-electron chi connectivity index (χ0n) is 13.0. The van der Waals surface area contributed by atoms with Gasteiger partial charge in [-0.15, -0.1) is 0 Å². The molecule has 3 nitrogen and oxygen atoms in total. The van der Waals surface area contributed by atoms with Crippen LogP contribution in [0.15, 0.2) is 0 Å². The highest BCUT2D eigenvalue weighted by Gasteiger charge is 2.36. The second kappa shape index (κ2) is 5.38. The summed E-state index contributed by atoms with van der Waals surface area (Å²) in [6.45, 7) is 20.4. The van der Waals surface area contributed by atoms with E-state index in [1.54, 1.807) is 0 Å². The molecule has 0 saturated heterocycles. The first-order valence-electron chi connectivity index (χ1n) is 6.23. The first-order valence-corrected chi connectivity index (χ1v) is 16.5. The number of carbonyl (C=O) groups excluding carboxylic acids is 1. The Morgan fingerprint density at radius 2 is 1.24 bits per heavy atom. The average molecular weight is 292 g/mol. The van der Waals surface area contributed by atoms with Gasteiger partial charge in [0.1, 0.15) is 16.5 Å². The number of nitrogens with zero attached hydrogens (tertiary/aromatic N) is 1. The Morgan fingerprint density at radius 1 is 0.882 bits per heavy atom. The Balaban J connectivity index is 4.75. The number of hydrogen-bond acceptors (Lipinski definition) is 3. The molecular weight excluding hydrogens is 262 g/mol. The molecule has 17 heavy (non-hydrogen) atoms. The van der Waals surface area contributed by atoms with Gasteiger partial charge in [0.05, 0.1) is 6.54 Å². The molecule has 0 aromatic carbocycles. The highest BCUT2D eigenvalue weighted by molar-refractivity contribution is 6.89. The van der Waals surface area contributed by atoms with E-state index in [0.29, 0.717) is 6.54 Å². The van der Waals surface area contributed by atoms with Crippen molar-refractivity contribution < 1.29 is 9.22 Å². The van der Waals surface area contributed by atoms with Crippen LogP contribution in [0, 0.1) is 0 Å². The van der Waals surface area contributed by atoms with Crippen LogP contribution in [0.5, 0.6) is 0 Å². The number of rotatable bonds is 5. The standard InChI is InChI=1S/C11H29NO2Si3/c1-15(2,3)12(16(4,5)6)10-11(13)14-17(7,8)9/h10H2,1-9H3. The van der Waals surface area contributed by atoms with E-state index >= 15 is 0 Å². The summed E-state index contributed by atoms with van der Waals surface area (Å²) in [7, 11) is -4.65.